The molecule has 9 heteroatoms. The van der Waals surface area contributed by atoms with Gasteiger partial charge in [-0.05, 0) is 25.0 Å². The van der Waals surface area contributed by atoms with E-state index in [9.17, 15) is 9.59 Å². The van der Waals surface area contributed by atoms with Gasteiger partial charge in [0.05, 0.1) is 18.2 Å². The highest BCUT2D eigenvalue weighted by Gasteiger charge is 2.25. The van der Waals surface area contributed by atoms with Crippen molar-refractivity contribution in [3.05, 3.63) is 42.4 Å². The van der Waals surface area contributed by atoms with Crippen molar-refractivity contribution in [3.8, 4) is 17.0 Å². The molecule has 0 spiro atoms. The number of hydrogen-bond donors (Lipinski definition) is 3. The second-order valence-electron chi connectivity index (χ2n) is 7.93. The van der Waals surface area contributed by atoms with Crippen LogP contribution in [0.25, 0.3) is 22.3 Å². The van der Waals surface area contributed by atoms with Gasteiger partial charge in [-0.3, -0.25) is 4.79 Å². The number of para-hydroxylation sites is 1. The number of hydrogen-bond acceptors (Lipinski definition) is 5. The molecule has 5 rings (SSSR count). The van der Waals surface area contributed by atoms with Crippen LogP contribution in [-0.2, 0) is 0 Å². The zero-order chi connectivity index (χ0) is 22.5. The third-order valence-corrected chi connectivity index (χ3v) is 5.52. The molecule has 3 heterocycles. The molecular formula is C23H27N5O4. The van der Waals surface area contributed by atoms with Gasteiger partial charge in [0.1, 0.15) is 23.3 Å². The van der Waals surface area contributed by atoms with Crippen LogP contribution in [0.2, 0.25) is 0 Å². The minimum Gasteiger partial charge on any atom is -0.496 e. The highest BCUT2D eigenvalue weighted by atomic mass is 16.5. The van der Waals surface area contributed by atoms with Crippen molar-refractivity contribution < 1.29 is 19.4 Å². The summed E-state index contributed by atoms with van der Waals surface area (Å²) in [6.07, 6.45) is 7.80. The number of likely N-dealkylation sites (tertiary alicyclic amines) is 1. The lowest BCUT2D eigenvalue weighted by atomic mass is 10.0. The van der Waals surface area contributed by atoms with Crippen molar-refractivity contribution in [1.29, 1.82) is 0 Å². The van der Waals surface area contributed by atoms with Gasteiger partial charge < -0.3 is 25.0 Å². The molecule has 2 fully saturated rings. The summed E-state index contributed by atoms with van der Waals surface area (Å²) in [4.78, 5) is 37.0. The van der Waals surface area contributed by atoms with Gasteiger partial charge in [0.25, 0.3) is 5.91 Å². The van der Waals surface area contributed by atoms with Crippen molar-refractivity contribution in [1.82, 2.24) is 25.2 Å². The van der Waals surface area contributed by atoms with E-state index in [4.69, 9.17) is 9.84 Å². The standard InChI is InChI=1S/C20H21N5O4.C3H6/c1-29-15-5-3-2-4-13(15)16-18-17(23-11-22-16)14(10-21-18)19(26)24-12-6-8-25(9-7-12)20(27)28;1-2-3-1/h2-5,10-12,21H,6-9H2,1H3,(H,24,26)(H,27,28);1-3H2. The first-order valence-corrected chi connectivity index (χ1v) is 10.8. The number of fused-ring (bicyclic) bond motifs is 1. The second kappa shape index (κ2) is 9.67. The van der Waals surface area contributed by atoms with E-state index in [0.29, 0.717) is 54.0 Å². The minimum absolute atomic E-state index is 0.0708. The molecule has 3 aromatic rings. The van der Waals surface area contributed by atoms with E-state index >= 15 is 0 Å². The Hall–Kier alpha value is -3.62. The summed E-state index contributed by atoms with van der Waals surface area (Å²) >= 11 is 0. The van der Waals surface area contributed by atoms with Crippen LogP contribution in [0.1, 0.15) is 42.5 Å². The largest absolute Gasteiger partial charge is 0.496 e. The Balaban J connectivity index is 0.000000754. The molecule has 168 valence electrons. The number of benzene rings is 1. The van der Waals surface area contributed by atoms with Crippen molar-refractivity contribution in [2.75, 3.05) is 20.2 Å². The zero-order valence-corrected chi connectivity index (χ0v) is 18.0. The van der Waals surface area contributed by atoms with Crippen LogP contribution in [0, 0.1) is 0 Å². The third kappa shape index (κ3) is 4.82. The van der Waals surface area contributed by atoms with Gasteiger partial charge in [-0.1, -0.05) is 31.4 Å². The lowest BCUT2D eigenvalue weighted by Crippen LogP contribution is -2.46. The van der Waals surface area contributed by atoms with Gasteiger partial charge in [-0.15, -0.1) is 0 Å². The maximum absolute atomic E-state index is 12.8. The Morgan fingerprint density at radius 1 is 1.16 bits per heavy atom. The average Bonchev–Trinajstić information content (AvgIpc) is 3.64. The fourth-order valence-corrected chi connectivity index (χ4v) is 3.64. The highest BCUT2D eigenvalue weighted by Crippen LogP contribution is 2.32. The van der Waals surface area contributed by atoms with Crippen molar-refractivity contribution in [2.24, 2.45) is 0 Å². The topological polar surface area (TPSA) is 120 Å². The van der Waals surface area contributed by atoms with E-state index in [-0.39, 0.29) is 11.9 Å². The number of carbonyl (C=O) groups excluding carboxylic acids is 1. The number of carboxylic acid groups (broad SMARTS) is 1. The first-order valence-electron chi connectivity index (χ1n) is 10.8. The maximum Gasteiger partial charge on any atom is 0.407 e. The van der Waals surface area contributed by atoms with Crippen molar-refractivity contribution in [3.63, 3.8) is 0 Å². The predicted octanol–water partition coefficient (Wildman–Crippen LogP) is 3.68. The molecule has 1 saturated heterocycles. The molecule has 2 aliphatic rings. The minimum atomic E-state index is -0.924. The van der Waals surface area contributed by atoms with Crippen LogP contribution in [0.5, 0.6) is 5.75 Å². The maximum atomic E-state index is 12.8. The summed E-state index contributed by atoms with van der Waals surface area (Å²) in [5.74, 6) is 0.438. The molecule has 9 nitrogen and oxygen atoms in total. The van der Waals surface area contributed by atoms with Gasteiger partial charge in [-0.25, -0.2) is 14.8 Å². The number of carbonyl (C=O) groups is 2. The van der Waals surface area contributed by atoms with Crippen molar-refractivity contribution >= 4 is 23.0 Å². The number of aromatic nitrogens is 3. The Kier molecular flexibility index (Phi) is 6.53. The fraction of sp³-hybridized carbons (Fsp3) is 0.391. The summed E-state index contributed by atoms with van der Waals surface area (Å²) in [6, 6.07) is 7.45. The van der Waals surface area contributed by atoms with Gasteiger partial charge in [0.2, 0.25) is 0 Å². The summed E-state index contributed by atoms with van der Waals surface area (Å²) in [6.45, 7) is 0.822. The Bertz CT molecular complexity index is 1100. The molecule has 0 radical (unpaired) electrons. The molecule has 0 atom stereocenters. The molecule has 0 bridgehead atoms. The van der Waals surface area contributed by atoms with E-state index in [1.165, 1.54) is 30.5 Å². The first kappa shape index (κ1) is 21.6. The molecular weight excluding hydrogens is 410 g/mol. The number of amides is 2. The predicted molar refractivity (Wildman–Crippen MR) is 120 cm³/mol. The summed E-state index contributed by atoms with van der Waals surface area (Å²) < 4.78 is 5.43. The lowest BCUT2D eigenvalue weighted by Gasteiger charge is -2.30. The highest BCUT2D eigenvalue weighted by molar-refractivity contribution is 6.07. The van der Waals surface area contributed by atoms with E-state index < -0.39 is 6.09 Å². The fourth-order valence-electron chi connectivity index (χ4n) is 3.64. The third-order valence-electron chi connectivity index (χ3n) is 5.52. The molecule has 2 amide bonds. The Morgan fingerprint density at radius 3 is 2.53 bits per heavy atom. The van der Waals surface area contributed by atoms with Crippen LogP contribution < -0.4 is 10.1 Å². The van der Waals surface area contributed by atoms with E-state index in [1.54, 1.807) is 13.3 Å². The summed E-state index contributed by atoms with van der Waals surface area (Å²) in [7, 11) is 1.60. The SMILES string of the molecule is C1CC1.COc1ccccc1-c1ncnc2c(C(=O)NC3CCN(C(=O)O)CC3)c[nH]c12. The lowest BCUT2D eigenvalue weighted by molar-refractivity contribution is 0.0909. The second-order valence-corrected chi connectivity index (χ2v) is 7.93. The normalized spacial score (nSPS) is 15.6. The van der Waals surface area contributed by atoms with Crippen molar-refractivity contribution in [2.45, 2.75) is 38.1 Å². The summed E-state index contributed by atoms with van der Waals surface area (Å²) in [5.41, 5.74) is 3.07. The summed E-state index contributed by atoms with van der Waals surface area (Å²) in [5, 5.41) is 12.0. The van der Waals surface area contributed by atoms with Crippen LogP contribution in [-0.4, -0.2) is 63.2 Å². The van der Waals surface area contributed by atoms with E-state index in [0.717, 1.165) is 5.56 Å². The van der Waals surface area contributed by atoms with Crippen LogP contribution >= 0.6 is 0 Å². The Labute approximate surface area is 185 Å². The van der Waals surface area contributed by atoms with Gasteiger partial charge in [-0.2, -0.15) is 0 Å². The molecule has 1 aliphatic heterocycles. The van der Waals surface area contributed by atoms with Crippen LogP contribution in [0.4, 0.5) is 4.79 Å². The average molecular weight is 438 g/mol. The number of rotatable bonds is 4. The molecule has 32 heavy (non-hydrogen) atoms. The van der Waals surface area contributed by atoms with Gasteiger partial charge in [0, 0.05) is 30.9 Å². The number of piperidine rings is 1. The molecule has 1 aromatic carbocycles. The molecule has 0 unspecified atom stereocenters. The van der Waals surface area contributed by atoms with E-state index in [2.05, 4.69) is 20.3 Å². The number of methoxy groups -OCH3 is 1. The number of ether oxygens (including phenoxy) is 1. The monoisotopic (exact) mass is 437 g/mol. The van der Waals surface area contributed by atoms with Gasteiger partial charge in [0.15, 0.2) is 0 Å². The molecule has 2 aromatic heterocycles. The number of H-pyrrole nitrogens is 1. The van der Waals surface area contributed by atoms with Crippen LogP contribution in [0.15, 0.2) is 36.8 Å². The van der Waals surface area contributed by atoms with Crippen LogP contribution in [0.3, 0.4) is 0 Å². The number of nitrogens with one attached hydrogen (secondary N) is 2. The smallest absolute Gasteiger partial charge is 0.407 e. The quantitative estimate of drug-likeness (QED) is 0.573. The Morgan fingerprint density at radius 2 is 1.88 bits per heavy atom. The van der Waals surface area contributed by atoms with Gasteiger partial charge >= 0.3 is 6.09 Å². The molecule has 1 aliphatic carbocycles. The van der Waals surface area contributed by atoms with E-state index in [1.807, 2.05) is 24.3 Å². The zero-order valence-electron chi connectivity index (χ0n) is 18.0. The number of nitrogens with zero attached hydrogens (tertiary/aromatic N) is 3. The molecule has 3 N–H and O–H groups in total. The number of aromatic amines is 1. The molecule has 1 saturated carbocycles. The first-order chi connectivity index (χ1) is 15.6.